The van der Waals surface area contributed by atoms with Crippen LogP contribution in [0.2, 0.25) is 0 Å². The molecule has 2 amide bonds. The van der Waals surface area contributed by atoms with E-state index in [1.165, 1.54) is 0 Å². The van der Waals surface area contributed by atoms with Crippen molar-refractivity contribution in [1.29, 1.82) is 0 Å². The maximum atomic E-state index is 12.3. The van der Waals surface area contributed by atoms with Gasteiger partial charge in [-0.25, -0.2) is 9.78 Å². The molecule has 120 valence electrons. The molecule has 0 aliphatic heterocycles. The van der Waals surface area contributed by atoms with Crippen molar-refractivity contribution in [2.45, 2.75) is 45.0 Å². The van der Waals surface area contributed by atoms with Crippen LogP contribution in [0.5, 0.6) is 0 Å². The van der Waals surface area contributed by atoms with E-state index in [2.05, 4.69) is 15.6 Å². The Balaban J connectivity index is 2.42. The van der Waals surface area contributed by atoms with Crippen molar-refractivity contribution in [3.63, 3.8) is 0 Å². The largest absolute Gasteiger partial charge is 0.434 e. The van der Waals surface area contributed by atoms with Crippen LogP contribution in [0.25, 0.3) is 0 Å². The molecule has 1 aromatic rings. The molecule has 1 heterocycles. The fourth-order valence-electron chi connectivity index (χ4n) is 1.49. The topological polar surface area (TPSA) is 74.2 Å². The number of aromatic nitrogens is 1. The molecular weight excluding hydrogens is 307 g/mol. The number of urea groups is 1. The molecule has 0 aliphatic rings. The standard InChI is InChI=1S/C12H18F3N3O2S/c1-3-11(20,4-2)7-17-10(19)16-5-9-18-8(6-21-9)12(13,14)15/h6,20H,3-5,7H2,1-2H3,(H2,16,17,19). The first-order valence-electron chi connectivity index (χ1n) is 6.46. The SMILES string of the molecule is CCC(O)(CC)CNC(=O)NCc1nc(C(F)(F)F)cs1. The van der Waals surface area contributed by atoms with Gasteiger partial charge in [0.1, 0.15) is 5.01 Å². The van der Waals surface area contributed by atoms with Crippen LogP contribution in [-0.2, 0) is 12.7 Å². The van der Waals surface area contributed by atoms with E-state index < -0.39 is 23.5 Å². The number of nitrogens with one attached hydrogen (secondary N) is 2. The summed E-state index contributed by atoms with van der Waals surface area (Å²) in [6.45, 7) is 3.59. The zero-order valence-corrected chi connectivity index (χ0v) is 12.6. The molecular formula is C12H18F3N3O2S. The molecule has 0 spiro atoms. The Morgan fingerprint density at radius 3 is 2.43 bits per heavy atom. The number of aliphatic hydroxyl groups is 1. The minimum atomic E-state index is -4.48. The Kier molecular flexibility index (Phi) is 5.97. The van der Waals surface area contributed by atoms with Gasteiger partial charge in [0.25, 0.3) is 0 Å². The maximum Gasteiger partial charge on any atom is 0.434 e. The number of amides is 2. The third-order valence-electron chi connectivity index (χ3n) is 3.14. The smallest absolute Gasteiger partial charge is 0.388 e. The Morgan fingerprint density at radius 2 is 1.95 bits per heavy atom. The summed E-state index contributed by atoms with van der Waals surface area (Å²) in [7, 11) is 0. The van der Waals surface area contributed by atoms with Gasteiger partial charge in [-0.1, -0.05) is 13.8 Å². The summed E-state index contributed by atoms with van der Waals surface area (Å²) in [5.41, 5.74) is -1.93. The van der Waals surface area contributed by atoms with Gasteiger partial charge in [0, 0.05) is 11.9 Å². The van der Waals surface area contributed by atoms with E-state index >= 15 is 0 Å². The molecule has 1 aromatic heterocycles. The number of halogens is 3. The highest BCUT2D eigenvalue weighted by Gasteiger charge is 2.33. The van der Waals surface area contributed by atoms with Crippen LogP contribution in [-0.4, -0.2) is 28.3 Å². The van der Waals surface area contributed by atoms with Crippen LogP contribution >= 0.6 is 11.3 Å². The monoisotopic (exact) mass is 325 g/mol. The van der Waals surface area contributed by atoms with Crippen molar-refractivity contribution in [2.24, 2.45) is 0 Å². The second-order valence-corrected chi connectivity index (χ2v) is 5.53. The van der Waals surface area contributed by atoms with E-state index in [1.54, 1.807) is 13.8 Å². The summed E-state index contributed by atoms with van der Waals surface area (Å²) in [6.07, 6.45) is -3.49. The van der Waals surface area contributed by atoms with E-state index in [1.807, 2.05) is 0 Å². The molecule has 5 nitrogen and oxygen atoms in total. The summed E-state index contributed by atoms with van der Waals surface area (Å²) in [5.74, 6) is 0. The quantitative estimate of drug-likeness (QED) is 0.752. The fraction of sp³-hybridized carbons (Fsp3) is 0.667. The molecule has 1 rings (SSSR count). The molecule has 21 heavy (non-hydrogen) atoms. The summed E-state index contributed by atoms with van der Waals surface area (Å²) < 4.78 is 37.0. The van der Waals surface area contributed by atoms with Crippen LogP contribution in [0.3, 0.4) is 0 Å². The Labute approximate surface area is 124 Å². The van der Waals surface area contributed by atoms with Gasteiger partial charge in [0.15, 0.2) is 5.69 Å². The number of hydrogen-bond acceptors (Lipinski definition) is 4. The molecule has 0 fully saturated rings. The minimum Gasteiger partial charge on any atom is -0.388 e. The van der Waals surface area contributed by atoms with Gasteiger partial charge >= 0.3 is 12.2 Å². The first-order valence-corrected chi connectivity index (χ1v) is 7.34. The molecule has 3 N–H and O–H groups in total. The first-order chi connectivity index (χ1) is 9.70. The Bertz CT molecular complexity index is 473. The average Bonchev–Trinajstić information content (AvgIpc) is 2.91. The normalized spacial score (nSPS) is 12.3. The number of hydrogen-bond donors (Lipinski definition) is 3. The van der Waals surface area contributed by atoms with Crippen molar-refractivity contribution in [1.82, 2.24) is 15.6 Å². The molecule has 0 atom stereocenters. The number of rotatable bonds is 6. The highest BCUT2D eigenvalue weighted by Crippen LogP contribution is 2.29. The summed E-state index contributed by atoms with van der Waals surface area (Å²) in [4.78, 5) is 14.9. The van der Waals surface area contributed by atoms with Gasteiger partial charge in [-0.15, -0.1) is 11.3 Å². The lowest BCUT2D eigenvalue weighted by atomic mass is 9.98. The van der Waals surface area contributed by atoms with E-state index in [-0.39, 0.29) is 18.1 Å². The lowest BCUT2D eigenvalue weighted by molar-refractivity contribution is -0.140. The number of carbonyl (C=O) groups is 1. The molecule has 0 radical (unpaired) electrons. The Morgan fingerprint density at radius 1 is 1.33 bits per heavy atom. The van der Waals surface area contributed by atoms with Gasteiger partial charge in [-0.2, -0.15) is 13.2 Å². The predicted octanol–water partition coefficient (Wildman–Crippen LogP) is 2.51. The van der Waals surface area contributed by atoms with Crippen molar-refractivity contribution in [3.05, 3.63) is 16.1 Å². The minimum absolute atomic E-state index is 0.0809. The Hall–Kier alpha value is -1.35. The zero-order valence-electron chi connectivity index (χ0n) is 11.8. The molecule has 0 unspecified atom stereocenters. The highest BCUT2D eigenvalue weighted by atomic mass is 32.1. The molecule has 0 saturated carbocycles. The third kappa shape index (κ3) is 5.50. The lowest BCUT2D eigenvalue weighted by Gasteiger charge is -2.25. The number of thiazole rings is 1. The molecule has 0 saturated heterocycles. The van der Waals surface area contributed by atoms with E-state index in [4.69, 9.17) is 0 Å². The maximum absolute atomic E-state index is 12.3. The number of carbonyl (C=O) groups excluding carboxylic acids is 1. The summed E-state index contributed by atoms with van der Waals surface area (Å²) >= 11 is 0.828. The second-order valence-electron chi connectivity index (χ2n) is 4.59. The van der Waals surface area contributed by atoms with Crippen LogP contribution in [0, 0.1) is 0 Å². The summed E-state index contributed by atoms with van der Waals surface area (Å²) in [6, 6.07) is -0.556. The van der Waals surface area contributed by atoms with Crippen LogP contribution in [0.4, 0.5) is 18.0 Å². The van der Waals surface area contributed by atoms with Gasteiger partial charge in [-0.3, -0.25) is 0 Å². The van der Waals surface area contributed by atoms with Gasteiger partial charge in [0.05, 0.1) is 12.1 Å². The average molecular weight is 325 g/mol. The van der Waals surface area contributed by atoms with Crippen molar-refractivity contribution < 1.29 is 23.1 Å². The molecule has 0 aromatic carbocycles. The lowest BCUT2D eigenvalue weighted by Crippen LogP contribution is -2.45. The summed E-state index contributed by atoms with van der Waals surface area (Å²) in [5, 5.41) is 15.9. The van der Waals surface area contributed by atoms with E-state index in [9.17, 15) is 23.1 Å². The third-order valence-corrected chi connectivity index (χ3v) is 3.99. The van der Waals surface area contributed by atoms with E-state index in [0.717, 1.165) is 16.7 Å². The van der Waals surface area contributed by atoms with Gasteiger partial charge in [-0.05, 0) is 12.8 Å². The van der Waals surface area contributed by atoms with Crippen LogP contribution < -0.4 is 10.6 Å². The number of nitrogens with zero attached hydrogens (tertiary/aromatic N) is 1. The zero-order chi connectivity index (χ0) is 16.1. The molecule has 0 aliphatic carbocycles. The molecule has 9 heteroatoms. The van der Waals surface area contributed by atoms with Crippen molar-refractivity contribution >= 4 is 17.4 Å². The predicted molar refractivity (Wildman–Crippen MR) is 72.9 cm³/mol. The van der Waals surface area contributed by atoms with Crippen molar-refractivity contribution in [2.75, 3.05) is 6.54 Å². The van der Waals surface area contributed by atoms with Gasteiger partial charge in [0.2, 0.25) is 0 Å². The van der Waals surface area contributed by atoms with Crippen LogP contribution in [0.15, 0.2) is 5.38 Å². The fourth-order valence-corrected chi connectivity index (χ4v) is 2.23. The van der Waals surface area contributed by atoms with E-state index in [0.29, 0.717) is 12.8 Å². The van der Waals surface area contributed by atoms with Crippen LogP contribution in [0.1, 0.15) is 37.4 Å². The van der Waals surface area contributed by atoms with Crippen molar-refractivity contribution in [3.8, 4) is 0 Å². The second kappa shape index (κ2) is 7.08. The molecule has 0 bridgehead atoms. The number of alkyl halides is 3. The highest BCUT2D eigenvalue weighted by molar-refractivity contribution is 7.09. The van der Waals surface area contributed by atoms with Gasteiger partial charge < -0.3 is 15.7 Å². The first kappa shape index (κ1) is 17.7.